The summed E-state index contributed by atoms with van der Waals surface area (Å²) >= 11 is 0. The number of aliphatic hydroxyl groups excluding tert-OH is 1. The molecule has 8 heteroatoms. The minimum atomic E-state index is -1.57. The fraction of sp³-hybridized carbons (Fsp3) is 0.526. The lowest BCUT2D eigenvalue weighted by Crippen LogP contribution is -2.56. The van der Waals surface area contributed by atoms with Gasteiger partial charge in [-0.25, -0.2) is 0 Å². The number of rotatable bonds is 5. The van der Waals surface area contributed by atoms with Gasteiger partial charge in [0, 0.05) is 37.4 Å². The van der Waals surface area contributed by atoms with Gasteiger partial charge in [0.05, 0.1) is 6.61 Å². The first-order valence-electron chi connectivity index (χ1n) is 9.31. The predicted octanol–water partition coefficient (Wildman–Crippen LogP) is 0.151. The largest absolute Gasteiger partial charge is 0.380 e. The molecule has 3 rings (SSSR count). The minimum absolute atomic E-state index is 0.0473. The number of benzene rings is 1. The molecule has 2 heterocycles. The van der Waals surface area contributed by atoms with Gasteiger partial charge in [-0.05, 0) is 38.0 Å². The van der Waals surface area contributed by atoms with Crippen LogP contribution in [0.2, 0.25) is 0 Å². The highest BCUT2D eigenvalue weighted by Crippen LogP contribution is 2.23. The van der Waals surface area contributed by atoms with Crippen LogP contribution in [0, 0.1) is 0 Å². The lowest BCUT2D eigenvalue weighted by atomic mass is 10.1. The Morgan fingerprint density at radius 1 is 1.30 bits per heavy atom. The lowest BCUT2D eigenvalue weighted by Gasteiger charge is -2.34. The number of carbonyl (C=O) groups is 3. The van der Waals surface area contributed by atoms with Crippen molar-refractivity contribution in [1.82, 2.24) is 10.2 Å². The number of ether oxygens (including phenoxy) is 1. The van der Waals surface area contributed by atoms with Crippen LogP contribution in [-0.2, 0) is 14.3 Å². The van der Waals surface area contributed by atoms with Crippen LogP contribution in [0.3, 0.4) is 0 Å². The van der Waals surface area contributed by atoms with Gasteiger partial charge in [0.15, 0.2) is 12.2 Å². The molecule has 1 aromatic carbocycles. The Hall–Kier alpha value is -2.45. The molecule has 0 spiro atoms. The van der Waals surface area contributed by atoms with Crippen molar-refractivity contribution in [3.05, 3.63) is 29.8 Å². The molecule has 2 N–H and O–H groups in total. The molecule has 27 heavy (non-hydrogen) atoms. The van der Waals surface area contributed by atoms with Crippen LogP contribution in [0.5, 0.6) is 0 Å². The molecule has 0 bridgehead atoms. The van der Waals surface area contributed by atoms with Crippen molar-refractivity contribution in [2.75, 3.05) is 37.7 Å². The summed E-state index contributed by atoms with van der Waals surface area (Å²) in [6.07, 6.45) is -0.822. The van der Waals surface area contributed by atoms with Crippen molar-refractivity contribution in [2.45, 2.75) is 32.0 Å². The van der Waals surface area contributed by atoms with Crippen LogP contribution in [0.1, 0.15) is 30.1 Å². The van der Waals surface area contributed by atoms with E-state index in [0.717, 1.165) is 25.9 Å². The number of anilines is 1. The third kappa shape index (κ3) is 4.12. The van der Waals surface area contributed by atoms with Crippen molar-refractivity contribution in [2.24, 2.45) is 0 Å². The van der Waals surface area contributed by atoms with E-state index in [0.29, 0.717) is 24.3 Å². The molecule has 2 atom stereocenters. The molecule has 0 aromatic heterocycles. The monoisotopic (exact) mass is 375 g/mol. The van der Waals surface area contributed by atoms with Crippen LogP contribution >= 0.6 is 0 Å². The molecule has 2 aliphatic heterocycles. The molecule has 2 fully saturated rings. The second-order valence-corrected chi connectivity index (χ2v) is 6.67. The lowest BCUT2D eigenvalue weighted by molar-refractivity contribution is -0.152. The summed E-state index contributed by atoms with van der Waals surface area (Å²) in [4.78, 5) is 40.5. The average molecular weight is 375 g/mol. The van der Waals surface area contributed by atoms with Crippen molar-refractivity contribution in [3.63, 3.8) is 0 Å². The first kappa shape index (κ1) is 19.3. The number of nitrogens with one attached hydrogen (secondary N) is 1. The normalized spacial score (nSPS) is 21.3. The van der Waals surface area contributed by atoms with Crippen LogP contribution in [0.25, 0.3) is 0 Å². The Kier molecular flexibility index (Phi) is 6.08. The van der Waals surface area contributed by atoms with Crippen LogP contribution < -0.4 is 10.2 Å². The number of likely N-dealkylation sites (N-methyl/N-ethyl adjacent to an activating group) is 1. The second kappa shape index (κ2) is 8.49. The smallest absolute Gasteiger partial charge is 0.259 e. The minimum Gasteiger partial charge on any atom is -0.380 e. The maximum Gasteiger partial charge on any atom is 0.259 e. The molecule has 146 valence electrons. The standard InChI is InChI=1S/C19H25N3O5/c1-2-20-17(24)15(23)16-19(26)22(10-11-27-16)14-7-5-6-13(12-14)18(25)21-8-3-4-9-21/h5-7,12,15-16,23H,2-4,8-11H2,1H3,(H,20,24)/t15-,16-/m1/s1. The fourth-order valence-electron chi connectivity index (χ4n) is 3.41. The van der Waals surface area contributed by atoms with Crippen molar-refractivity contribution in [3.8, 4) is 0 Å². The highest BCUT2D eigenvalue weighted by Gasteiger charge is 2.39. The molecule has 2 saturated heterocycles. The number of morpholine rings is 1. The average Bonchev–Trinajstić information content (AvgIpc) is 3.22. The highest BCUT2D eigenvalue weighted by molar-refractivity contribution is 6.02. The molecule has 0 radical (unpaired) electrons. The first-order valence-corrected chi connectivity index (χ1v) is 9.31. The molecule has 0 saturated carbocycles. The second-order valence-electron chi connectivity index (χ2n) is 6.67. The van der Waals surface area contributed by atoms with Gasteiger partial charge in [-0.3, -0.25) is 14.4 Å². The third-order valence-corrected chi connectivity index (χ3v) is 4.83. The Morgan fingerprint density at radius 3 is 2.74 bits per heavy atom. The molecule has 1 aromatic rings. The van der Waals surface area contributed by atoms with Gasteiger partial charge in [-0.2, -0.15) is 0 Å². The van der Waals surface area contributed by atoms with Gasteiger partial charge >= 0.3 is 0 Å². The summed E-state index contributed by atoms with van der Waals surface area (Å²) in [7, 11) is 0. The van der Waals surface area contributed by atoms with E-state index >= 15 is 0 Å². The van der Waals surface area contributed by atoms with Crippen molar-refractivity contribution >= 4 is 23.4 Å². The van der Waals surface area contributed by atoms with E-state index in [1.54, 1.807) is 31.2 Å². The summed E-state index contributed by atoms with van der Waals surface area (Å²) < 4.78 is 5.35. The molecule has 8 nitrogen and oxygen atoms in total. The maximum absolute atomic E-state index is 12.8. The van der Waals surface area contributed by atoms with Crippen molar-refractivity contribution in [1.29, 1.82) is 0 Å². The Morgan fingerprint density at radius 2 is 2.04 bits per heavy atom. The summed E-state index contributed by atoms with van der Waals surface area (Å²) in [5, 5.41) is 12.6. The number of hydrogen-bond donors (Lipinski definition) is 2. The molecular formula is C19H25N3O5. The number of hydrogen-bond acceptors (Lipinski definition) is 5. The zero-order valence-corrected chi connectivity index (χ0v) is 15.4. The summed E-state index contributed by atoms with van der Waals surface area (Å²) in [6, 6.07) is 6.88. The number of amides is 3. The Balaban J connectivity index is 1.77. The van der Waals surface area contributed by atoms with Gasteiger partial charge in [0.25, 0.3) is 17.7 Å². The van der Waals surface area contributed by atoms with E-state index < -0.39 is 24.0 Å². The van der Waals surface area contributed by atoms with Gasteiger partial charge in [-0.1, -0.05) is 6.07 Å². The number of likely N-dealkylation sites (tertiary alicyclic amines) is 1. The van der Waals surface area contributed by atoms with E-state index in [2.05, 4.69) is 5.32 Å². The maximum atomic E-state index is 12.8. The van der Waals surface area contributed by atoms with Gasteiger partial charge in [-0.15, -0.1) is 0 Å². The van der Waals surface area contributed by atoms with Gasteiger partial charge in [0.1, 0.15) is 0 Å². The Labute approximate surface area is 158 Å². The van der Waals surface area contributed by atoms with Crippen molar-refractivity contribution < 1.29 is 24.2 Å². The summed E-state index contributed by atoms with van der Waals surface area (Å²) in [5.74, 6) is -1.18. The van der Waals surface area contributed by atoms with E-state index in [-0.39, 0.29) is 12.5 Å². The zero-order chi connectivity index (χ0) is 19.4. The molecule has 3 amide bonds. The Bertz CT molecular complexity index is 717. The van der Waals surface area contributed by atoms with E-state index in [4.69, 9.17) is 4.74 Å². The summed E-state index contributed by atoms with van der Waals surface area (Å²) in [5.41, 5.74) is 1.08. The quantitative estimate of drug-likeness (QED) is 0.763. The van der Waals surface area contributed by atoms with E-state index in [1.807, 2.05) is 4.90 Å². The van der Waals surface area contributed by atoms with E-state index in [9.17, 15) is 19.5 Å². The topological polar surface area (TPSA) is 99.2 Å². The van der Waals surface area contributed by atoms with Crippen LogP contribution in [-0.4, -0.2) is 72.7 Å². The molecular weight excluding hydrogens is 350 g/mol. The third-order valence-electron chi connectivity index (χ3n) is 4.83. The number of carbonyl (C=O) groups excluding carboxylic acids is 3. The number of nitrogens with zero attached hydrogens (tertiary/aromatic N) is 2. The predicted molar refractivity (Wildman–Crippen MR) is 98.4 cm³/mol. The van der Waals surface area contributed by atoms with Gasteiger partial charge < -0.3 is 25.0 Å². The molecule has 0 unspecified atom stereocenters. The number of aliphatic hydroxyl groups is 1. The fourth-order valence-corrected chi connectivity index (χ4v) is 3.41. The SMILES string of the molecule is CCNC(=O)[C@H](O)[C@H]1OCCN(c2cccc(C(=O)N3CCCC3)c2)C1=O. The van der Waals surface area contributed by atoms with Crippen LogP contribution in [0.15, 0.2) is 24.3 Å². The first-order chi connectivity index (χ1) is 13.0. The summed E-state index contributed by atoms with van der Waals surface area (Å²) in [6.45, 7) is 4.06. The van der Waals surface area contributed by atoms with Gasteiger partial charge in [0.2, 0.25) is 0 Å². The van der Waals surface area contributed by atoms with E-state index in [1.165, 1.54) is 4.90 Å². The molecule has 0 aliphatic carbocycles. The van der Waals surface area contributed by atoms with Crippen LogP contribution in [0.4, 0.5) is 5.69 Å². The highest BCUT2D eigenvalue weighted by atomic mass is 16.5. The molecule has 2 aliphatic rings. The zero-order valence-electron chi connectivity index (χ0n) is 15.4.